The van der Waals surface area contributed by atoms with E-state index >= 15 is 0 Å². The van der Waals surface area contributed by atoms with Crippen LogP contribution < -0.4 is 0 Å². The van der Waals surface area contributed by atoms with Crippen molar-refractivity contribution in [3.63, 3.8) is 0 Å². The average Bonchev–Trinajstić information content (AvgIpc) is 2.34. The first kappa shape index (κ1) is 12.6. The molecule has 0 saturated carbocycles. The van der Waals surface area contributed by atoms with Gasteiger partial charge in [-0.1, -0.05) is 29.8 Å². The molecule has 0 bridgehead atoms. The average molecular weight is 255 g/mol. The topological polar surface area (TPSA) is 20.2 Å². The van der Waals surface area contributed by atoms with Gasteiger partial charge in [-0.2, -0.15) is 0 Å². The summed E-state index contributed by atoms with van der Waals surface area (Å²) in [7, 11) is 0. The Kier molecular flexibility index (Phi) is 4.19. The summed E-state index contributed by atoms with van der Waals surface area (Å²) in [6.45, 7) is 0. The lowest BCUT2D eigenvalue weighted by Crippen LogP contribution is -2.23. The SMILES string of the molecule is OC(Cc1ccc(F)cc1Cl)C1CC=CCC1. The van der Waals surface area contributed by atoms with Gasteiger partial charge in [0.15, 0.2) is 0 Å². The van der Waals surface area contributed by atoms with Gasteiger partial charge >= 0.3 is 0 Å². The van der Waals surface area contributed by atoms with E-state index < -0.39 is 6.10 Å². The minimum Gasteiger partial charge on any atom is -0.392 e. The second kappa shape index (κ2) is 5.65. The molecule has 2 rings (SSSR count). The smallest absolute Gasteiger partial charge is 0.124 e. The molecule has 0 spiro atoms. The van der Waals surface area contributed by atoms with Crippen molar-refractivity contribution in [2.45, 2.75) is 31.8 Å². The molecule has 17 heavy (non-hydrogen) atoms. The van der Waals surface area contributed by atoms with Crippen molar-refractivity contribution in [1.82, 2.24) is 0 Å². The zero-order valence-corrected chi connectivity index (χ0v) is 10.3. The van der Waals surface area contributed by atoms with Crippen molar-refractivity contribution in [1.29, 1.82) is 0 Å². The highest BCUT2D eigenvalue weighted by Gasteiger charge is 2.20. The van der Waals surface area contributed by atoms with Crippen LogP contribution >= 0.6 is 11.6 Å². The highest BCUT2D eigenvalue weighted by Crippen LogP contribution is 2.26. The number of aliphatic hydroxyl groups is 1. The van der Waals surface area contributed by atoms with E-state index in [0.717, 1.165) is 24.8 Å². The highest BCUT2D eigenvalue weighted by atomic mass is 35.5. The van der Waals surface area contributed by atoms with Gasteiger partial charge in [-0.3, -0.25) is 0 Å². The molecule has 3 heteroatoms. The van der Waals surface area contributed by atoms with Gasteiger partial charge in [0.1, 0.15) is 5.82 Å². The Morgan fingerprint density at radius 1 is 1.41 bits per heavy atom. The second-order valence-electron chi connectivity index (χ2n) is 4.55. The van der Waals surface area contributed by atoms with Crippen LogP contribution in [0, 0.1) is 11.7 Å². The fraction of sp³-hybridized carbons (Fsp3) is 0.429. The summed E-state index contributed by atoms with van der Waals surface area (Å²) in [5, 5.41) is 10.5. The molecule has 0 amide bonds. The first-order chi connectivity index (χ1) is 8.16. The summed E-state index contributed by atoms with van der Waals surface area (Å²) in [4.78, 5) is 0. The van der Waals surface area contributed by atoms with Crippen molar-refractivity contribution in [2.24, 2.45) is 5.92 Å². The Morgan fingerprint density at radius 3 is 2.88 bits per heavy atom. The Hall–Kier alpha value is -0.860. The van der Waals surface area contributed by atoms with E-state index in [-0.39, 0.29) is 5.82 Å². The van der Waals surface area contributed by atoms with Crippen LogP contribution in [-0.4, -0.2) is 11.2 Å². The number of halogens is 2. The molecule has 1 aromatic rings. The lowest BCUT2D eigenvalue weighted by molar-refractivity contribution is 0.102. The summed E-state index contributed by atoms with van der Waals surface area (Å²) < 4.78 is 12.9. The number of hydrogen-bond donors (Lipinski definition) is 1. The van der Waals surface area contributed by atoms with Crippen LogP contribution in [0.2, 0.25) is 5.02 Å². The first-order valence-electron chi connectivity index (χ1n) is 5.94. The Bertz CT molecular complexity index is 417. The third-order valence-electron chi connectivity index (χ3n) is 3.30. The molecule has 2 unspecified atom stereocenters. The minimum atomic E-state index is -0.400. The van der Waals surface area contributed by atoms with Gasteiger partial charge in [0.2, 0.25) is 0 Å². The van der Waals surface area contributed by atoms with E-state index in [4.69, 9.17) is 11.6 Å². The third-order valence-corrected chi connectivity index (χ3v) is 3.65. The molecular formula is C14H16ClFO. The van der Waals surface area contributed by atoms with Crippen LogP contribution in [0.25, 0.3) is 0 Å². The zero-order chi connectivity index (χ0) is 12.3. The predicted octanol–water partition coefficient (Wildman–Crippen LogP) is 3.74. The summed E-state index contributed by atoms with van der Waals surface area (Å²) in [5.74, 6) is -0.0463. The van der Waals surface area contributed by atoms with E-state index in [1.165, 1.54) is 12.1 Å². The lowest BCUT2D eigenvalue weighted by atomic mass is 9.86. The van der Waals surface area contributed by atoms with Gasteiger partial charge < -0.3 is 5.11 Å². The van der Waals surface area contributed by atoms with E-state index in [9.17, 15) is 9.50 Å². The highest BCUT2D eigenvalue weighted by molar-refractivity contribution is 6.31. The molecular weight excluding hydrogens is 239 g/mol. The van der Waals surface area contributed by atoms with Crippen molar-refractivity contribution in [3.05, 3.63) is 46.8 Å². The van der Waals surface area contributed by atoms with Gasteiger partial charge in [-0.25, -0.2) is 4.39 Å². The third kappa shape index (κ3) is 3.30. The molecule has 2 atom stereocenters. The van der Waals surface area contributed by atoms with Crippen LogP contribution in [0.4, 0.5) is 4.39 Å². The summed E-state index contributed by atoms with van der Waals surface area (Å²) in [6, 6.07) is 4.33. The maximum Gasteiger partial charge on any atom is 0.124 e. The van der Waals surface area contributed by atoms with Crippen LogP contribution in [0.1, 0.15) is 24.8 Å². The number of rotatable bonds is 3. The van der Waals surface area contributed by atoms with Crippen LogP contribution in [0.3, 0.4) is 0 Å². The van der Waals surface area contributed by atoms with Gasteiger partial charge in [-0.05, 0) is 42.9 Å². The predicted molar refractivity (Wildman–Crippen MR) is 67.6 cm³/mol. The summed E-state index contributed by atoms with van der Waals surface area (Å²) in [6.07, 6.45) is 7.31. The molecule has 1 nitrogen and oxygen atoms in total. The molecule has 0 saturated heterocycles. The second-order valence-corrected chi connectivity index (χ2v) is 4.96. The number of aliphatic hydroxyl groups excluding tert-OH is 1. The number of hydrogen-bond acceptors (Lipinski definition) is 1. The summed E-state index contributed by atoms with van der Waals surface area (Å²) >= 11 is 5.95. The quantitative estimate of drug-likeness (QED) is 0.815. The molecule has 1 aliphatic rings. The fourth-order valence-electron chi connectivity index (χ4n) is 2.25. The lowest BCUT2D eigenvalue weighted by Gasteiger charge is -2.24. The Morgan fingerprint density at radius 2 is 2.24 bits per heavy atom. The van der Waals surface area contributed by atoms with Crippen LogP contribution in [-0.2, 0) is 6.42 Å². The molecule has 1 aromatic carbocycles. The molecule has 1 aliphatic carbocycles. The molecule has 1 N–H and O–H groups in total. The van der Waals surface area contributed by atoms with E-state index in [1.807, 2.05) is 0 Å². The van der Waals surface area contributed by atoms with Crippen molar-refractivity contribution in [2.75, 3.05) is 0 Å². The van der Waals surface area contributed by atoms with Crippen molar-refractivity contribution < 1.29 is 9.50 Å². The normalized spacial score (nSPS) is 21.5. The monoisotopic (exact) mass is 254 g/mol. The molecule has 0 aliphatic heterocycles. The molecule has 0 aromatic heterocycles. The molecule has 0 heterocycles. The van der Waals surface area contributed by atoms with E-state index in [0.29, 0.717) is 17.4 Å². The number of benzene rings is 1. The molecule has 0 fully saturated rings. The molecule has 0 radical (unpaired) electrons. The van der Waals surface area contributed by atoms with E-state index in [1.54, 1.807) is 6.07 Å². The Labute approximate surface area is 106 Å². The van der Waals surface area contributed by atoms with Crippen LogP contribution in [0.5, 0.6) is 0 Å². The van der Waals surface area contributed by atoms with Gasteiger partial charge in [0, 0.05) is 11.4 Å². The first-order valence-corrected chi connectivity index (χ1v) is 6.31. The zero-order valence-electron chi connectivity index (χ0n) is 9.57. The van der Waals surface area contributed by atoms with Crippen molar-refractivity contribution in [3.8, 4) is 0 Å². The maximum atomic E-state index is 12.9. The van der Waals surface area contributed by atoms with Gasteiger partial charge in [-0.15, -0.1) is 0 Å². The van der Waals surface area contributed by atoms with Gasteiger partial charge in [0.25, 0.3) is 0 Å². The largest absolute Gasteiger partial charge is 0.392 e. The Balaban J connectivity index is 2.02. The standard InChI is InChI=1S/C14H16ClFO/c15-13-9-12(16)7-6-11(13)8-14(17)10-4-2-1-3-5-10/h1-2,6-7,9-10,14,17H,3-5,8H2. The van der Waals surface area contributed by atoms with Crippen molar-refractivity contribution >= 4 is 11.6 Å². The van der Waals surface area contributed by atoms with Gasteiger partial charge in [0.05, 0.1) is 6.10 Å². The van der Waals surface area contributed by atoms with E-state index in [2.05, 4.69) is 12.2 Å². The minimum absolute atomic E-state index is 0.293. The summed E-state index contributed by atoms with van der Waals surface area (Å²) in [5.41, 5.74) is 0.815. The maximum absolute atomic E-state index is 12.9. The molecule has 92 valence electrons. The fourth-order valence-corrected chi connectivity index (χ4v) is 2.49. The van der Waals surface area contributed by atoms with Crippen LogP contribution in [0.15, 0.2) is 30.4 Å². The number of allylic oxidation sites excluding steroid dienone is 2.